The van der Waals surface area contributed by atoms with Gasteiger partial charge in [0.1, 0.15) is 17.4 Å². The minimum absolute atomic E-state index is 0.238. The van der Waals surface area contributed by atoms with Gasteiger partial charge < -0.3 is 10.5 Å². The summed E-state index contributed by atoms with van der Waals surface area (Å²) in [6.45, 7) is 0. The van der Waals surface area contributed by atoms with E-state index in [2.05, 4.69) is 0 Å². The van der Waals surface area contributed by atoms with Gasteiger partial charge in [0.05, 0.1) is 7.11 Å². The number of nitrogens with one attached hydrogen (secondary N) is 1. The molecule has 1 aromatic rings. The van der Waals surface area contributed by atoms with Gasteiger partial charge in [0.2, 0.25) is 0 Å². The van der Waals surface area contributed by atoms with Crippen LogP contribution in [-0.2, 0) is 4.79 Å². The first-order chi connectivity index (χ1) is 8.58. The Labute approximate surface area is 104 Å². The summed E-state index contributed by atoms with van der Waals surface area (Å²) in [5.74, 6) is -0.340. The number of para-hydroxylation sites is 1. The smallest absolute Gasteiger partial charge is 0.319 e. The Balaban J connectivity index is 3.08. The number of nitrogens with two attached hydrogens (primary N) is 1. The number of rotatable bonds is 3. The highest BCUT2D eigenvalue weighted by Gasteiger charge is 2.11. The molecule has 0 heterocycles. The number of benzene rings is 1. The number of hydrogen-bond acceptors (Lipinski definition) is 4. The highest BCUT2D eigenvalue weighted by molar-refractivity contribution is 6.08. The maximum Gasteiger partial charge on any atom is 0.319 e. The number of hydrogen-bond donors (Lipinski definition) is 2. The number of carbonyl (C=O) groups excluding carboxylic acids is 2. The maximum absolute atomic E-state index is 11.4. The average Bonchev–Trinajstić information content (AvgIpc) is 2.35. The number of imide groups is 1. The maximum atomic E-state index is 11.4. The lowest BCUT2D eigenvalue weighted by Gasteiger charge is -2.04. The van der Waals surface area contributed by atoms with Gasteiger partial charge in [-0.3, -0.25) is 10.1 Å². The molecular formula is C12H11N3O3. The molecule has 0 aliphatic rings. The standard InChI is InChI=1S/C12H11N3O3/c1-18-10-5-3-2-4-8(10)6-9(7-13)11(16)15-12(14)17/h2-6H,1H3,(H3,14,15,16,17)/b9-6-. The van der Waals surface area contributed by atoms with Crippen molar-refractivity contribution in [2.24, 2.45) is 5.73 Å². The summed E-state index contributed by atoms with van der Waals surface area (Å²) in [6.07, 6.45) is 1.32. The van der Waals surface area contributed by atoms with Crippen LogP contribution >= 0.6 is 0 Å². The first-order valence-electron chi connectivity index (χ1n) is 4.94. The van der Waals surface area contributed by atoms with Crippen molar-refractivity contribution in [3.05, 3.63) is 35.4 Å². The third-order valence-electron chi connectivity index (χ3n) is 2.04. The van der Waals surface area contributed by atoms with Crippen LogP contribution in [0.1, 0.15) is 5.56 Å². The lowest BCUT2D eigenvalue weighted by atomic mass is 10.1. The molecule has 18 heavy (non-hydrogen) atoms. The van der Waals surface area contributed by atoms with Gasteiger partial charge in [-0.05, 0) is 12.1 Å². The van der Waals surface area contributed by atoms with E-state index in [1.165, 1.54) is 13.2 Å². The zero-order valence-electron chi connectivity index (χ0n) is 9.64. The van der Waals surface area contributed by atoms with Gasteiger partial charge in [0, 0.05) is 5.56 Å². The first-order valence-corrected chi connectivity index (χ1v) is 4.94. The third kappa shape index (κ3) is 3.35. The van der Waals surface area contributed by atoms with Gasteiger partial charge >= 0.3 is 6.03 Å². The SMILES string of the molecule is COc1ccccc1/C=C(/C#N)C(=O)NC(N)=O. The fraction of sp³-hybridized carbons (Fsp3) is 0.0833. The normalized spacial score (nSPS) is 10.3. The van der Waals surface area contributed by atoms with Crippen molar-refractivity contribution in [3.63, 3.8) is 0 Å². The third-order valence-corrected chi connectivity index (χ3v) is 2.04. The van der Waals surface area contributed by atoms with Crippen molar-refractivity contribution in [2.75, 3.05) is 7.11 Å². The number of primary amides is 1. The van der Waals surface area contributed by atoms with E-state index < -0.39 is 11.9 Å². The van der Waals surface area contributed by atoms with Gasteiger partial charge in [-0.1, -0.05) is 18.2 Å². The molecule has 1 aromatic carbocycles. The predicted octanol–water partition coefficient (Wildman–Crippen LogP) is 0.797. The van der Waals surface area contributed by atoms with Gasteiger partial charge in [0.15, 0.2) is 0 Å². The van der Waals surface area contributed by atoms with Gasteiger partial charge in [-0.15, -0.1) is 0 Å². The fourth-order valence-corrected chi connectivity index (χ4v) is 1.27. The predicted molar refractivity (Wildman–Crippen MR) is 64.3 cm³/mol. The van der Waals surface area contributed by atoms with Crippen LogP contribution in [0.4, 0.5) is 4.79 Å². The van der Waals surface area contributed by atoms with Crippen LogP contribution in [-0.4, -0.2) is 19.0 Å². The van der Waals surface area contributed by atoms with Crippen LogP contribution in [0, 0.1) is 11.3 Å². The van der Waals surface area contributed by atoms with E-state index in [4.69, 9.17) is 15.7 Å². The minimum atomic E-state index is -1.01. The second-order valence-corrected chi connectivity index (χ2v) is 3.23. The number of methoxy groups -OCH3 is 1. The second-order valence-electron chi connectivity index (χ2n) is 3.23. The summed E-state index contributed by atoms with van der Waals surface area (Å²) in [6, 6.07) is 7.53. The molecule has 0 aliphatic carbocycles. The Morgan fingerprint density at radius 2 is 2.11 bits per heavy atom. The van der Waals surface area contributed by atoms with Crippen LogP contribution in [0.2, 0.25) is 0 Å². The molecule has 0 unspecified atom stereocenters. The number of carbonyl (C=O) groups is 2. The molecule has 0 aliphatic heterocycles. The molecule has 1 rings (SSSR count). The number of ether oxygens (including phenoxy) is 1. The molecule has 0 aromatic heterocycles. The Morgan fingerprint density at radius 3 is 2.67 bits per heavy atom. The number of nitriles is 1. The molecule has 0 fully saturated rings. The van der Waals surface area contributed by atoms with Crippen molar-refractivity contribution in [1.29, 1.82) is 5.26 Å². The van der Waals surface area contributed by atoms with Crippen LogP contribution in [0.15, 0.2) is 29.8 Å². The average molecular weight is 245 g/mol. The molecule has 0 spiro atoms. The van der Waals surface area contributed by atoms with Crippen LogP contribution < -0.4 is 15.8 Å². The summed E-state index contributed by atoms with van der Waals surface area (Å²) < 4.78 is 5.07. The number of amides is 3. The zero-order valence-corrected chi connectivity index (χ0v) is 9.64. The van der Waals surface area contributed by atoms with Crippen molar-refractivity contribution >= 4 is 18.0 Å². The summed E-state index contributed by atoms with van der Waals surface area (Å²) >= 11 is 0. The van der Waals surface area contributed by atoms with Crippen LogP contribution in [0.5, 0.6) is 5.75 Å². The monoisotopic (exact) mass is 245 g/mol. The zero-order chi connectivity index (χ0) is 13.5. The summed E-state index contributed by atoms with van der Waals surface area (Å²) in [4.78, 5) is 22.0. The lowest BCUT2D eigenvalue weighted by molar-refractivity contribution is -0.115. The molecule has 3 amide bonds. The van der Waals surface area contributed by atoms with Gasteiger partial charge in [0.25, 0.3) is 5.91 Å². The molecule has 0 bridgehead atoms. The van der Waals surface area contributed by atoms with Gasteiger partial charge in [-0.25, -0.2) is 4.79 Å². The van der Waals surface area contributed by atoms with E-state index in [0.29, 0.717) is 11.3 Å². The number of urea groups is 1. The molecule has 6 nitrogen and oxygen atoms in total. The fourth-order valence-electron chi connectivity index (χ4n) is 1.27. The largest absolute Gasteiger partial charge is 0.496 e. The number of nitrogens with zero attached hydrogens (tertiary/aromatic N) is 1. The van der Waals surface area contributed by atoms with Crippen molar-refractivity contribution < 1.29 is 14.3 Å². The lowest BCUT2D eigenvalue weighted by Crippen LogP contribution is -2.35. The van der Waals surface area contributed by atoms with Crippen molar-refractivity contribution in [3.8, 4) is 11.8 Å². The quantitative estimate of drug-likeness (QED) is 0.606. The highest BCUT2D eigenvalue weighted by atomic mass is 16.5. The van der Waals surface area contributed by atoms with Crippen LogP contribution in [0.3, 0.4) is 0 Å². The molecule has 0 atom stereocenters. The molecule has 3 N–H and O–H groups in total. The topological polar surface area (TPSA) is 105 Å². The molecule has 92 valence electrons. The highest BCUT2D eigenvalue weighted by Crippen LogP contribution is 2.20. The molecule has 0 saturated heterocycles. The Hall–Kier alpha value is -2.81. The Bertz CT molecular complexity index is 544. The second kappa shape index (κ2) is 6.06. The van der Waals surface area contributed by atoms with Crippen molar-refractivity contribution in [1.82, 2.24) is 5.32 Å². The molecular weight excluding hydrogens is 234 g/mol. The first kappa shape index (κ1) is 13.3. The molecule has 0 radical (unpaired) electrons. The van der Waals surface area contributed by atoms with E-state index in [9.17, 15) is 9.59 Å². The van der Waals surface area contributed by atoms with E-state index in [1.54, 1.807) is 30.3 Å². The summed E-state index contributed by atoms with van der Waals surface area (Å²) in [5, 5.41) is 10.7. The van der Waals surface area contributed by atoms with E-state index in [0.717, 1.165) is 0 Å². The summed E-state index contributed by atoms with van der Waals surface area (Å²) in [7, 11) is 1.47. The van der Waals surface area contributed by atoms with E-state index in [-0.39, 0.29) is 5.57 Å². The minimum Gasteiger partial charge on any atom is -0.496 e. The summed E-state index contributed by atoms with van der Waals surface area (Å²) in [5.41, 5.74) is 5.12. The van der Waals surface area contributed by atoms with Crippen molar-refractivity contribution in [2.45, 2.75) is 0 Å². The Kier molecular flexibility index (Phi) is 4.46. The van der Waals surface area contributed by atoms with E-state index >= 15 is 0 Å². The van der Waals surface area contributed by atoms with Gasteiger partial charge in [-0.2, -0.15) is 5.26 Å². The van der Waals surface area contributed by atoms with E-state index in [1.807, 2.05) is 5.32 Å². The molecule has 6 heteroatoms. The van der Waals surface area contributed by atoms with Crippen LogP contribution in [0.25, 0.3) is 6.08 Å². The molecule has 0 saturated carbocycles. The Morgan fingerprint density at radius 1 is 1.44 bits per heavy atom.